The molecule has 0 saturated carbocycles. The highest BCUT2D eigenvalue weighted by Crippen LogP contribution is 2.44. The summed E-state index contributed by atoms with van der Waals surface area (Å²) < 4.78 is 0. The maximum atomic E-state index is 5.21. The molecule has 702 valence electrons. The number of pyridine rings is 9. The molecule has 0 saturated heterocycles. The van der Waals surface area contributed by atoms with E-state index in [4.69, 9.17) is 44.9 Å². The van der Waals surface area contributed by atoms with Crippen LogP contribution >= 0.6 is 0 Å². The molecule has 0 spiro atoms. The first-order chi connectivity index (χ1) is 74.3. The molecule has 0 atom stereocenters. The Morgan fingerprint density at radius 3 is 0.800 bits per heavy atom. The van der Waals surface area contributed by atoms with Crippen LogP contribution in [0.1, 0.15) is 0 Å². The summed E-state index contributed by atoms with van der Waals surface area (Å²) in [4.78, 5) is 71.1. The number of fused-ring (bicyclic) bond motifs is 9. The molecule has 0 aliphatic carbocycles. The molecule has 12 heterocycles. The maximum Gasteiger partial charge on any atom is 0.179 e. The molecule has 0 bridgehead atoms. The van der Waals surface area contributed by atoms with Gasteiger partial charge < -0.3 is 0 Å². The highest BCUT2D eigenvalue weighted by molar-refractivity contribution is 6.17. The van der Waals surface area contributed by atoms with E-state index < -0.39 is 0 Å². The summed E-state index contributed by atoms with van der Waals surface area (Å²) in [6, 6.07) is 162. The summed E-state index contributed by atoms with van der Waals surface area (Å²) >= 11 is 0. The van der Waals surface area contributed by atoms with E-state index in [9.17, 15) is 0 Å². The van der Waals surface area contributed by atoms with E-state index in [0.29, 0.717) is 23.2 Å². The lowest BCUT2D eigenvalue weighted by atomic mass is 9.94. The van der Waals surface area contributed by atoms with Crippen LogP contribution in [0.3, 0.4) is 0 Å². The normalized spacial score (nSPS) is 11.2. The van der Waals surface area contributed by atoms with Crippen LogP contribution in [-0.4, -0.2) is 74.8 Å². The lowest BCUT2D eigenvalue weighted by Crippen LogP contribution is -1.97. The Morgan fingerprint density at radius 2 is 0.420 bits per heavy atom. The predicted molar refractivity (Wildman–Crippen MR) is 609 cm³/mol. The Morgan fingerprint density at radius 1 is 0.127 bits per heavy atom. The molecule has 0 fully saturated rings. The van der Waals surface area contributed by atoms with E-state index in [1.807, 2.05) is 109 Å². The molecular weight excluding hydrogens is 1830 g/mol. The van der Waals surface area contributed by atoms with Crippen molar-refractivity contribution in [1.82, 2.24) is 74.8 Å². The number of hydrogen-bond donors (Lipinski definition) is 0. The molecule has 27 aromatic rings. The summed E-state index contributed by atoms with van der Waals surface area (Å²) in [5.74, 6) is 1.84. The van der Waals surface area contributed by atoms with E-state index in [0.717, 1.165) is 163 Å². The van der Waals surface area contributed by atoms with Crippen LogP contribution in [0.15, 0.2) is 529 Å². The SMILES string of the molecule is c1ccc(-c2cc(-c3cccc(-c4ccc(-c5cc(-c6ccccn6)nc(-c6ccccn6)n5)cc4)c3)nc3ccc4ccccc4c23)cc1.c1ccc(-c2cc(-c3cccc(-c4ccc(-c5cc(-c6cccnc6)nc(-c6cccnc6)n5)cc4)c3)nc3ccc4ccccc4c23)cc1.c1ccc(-c2cc(-c3cccc(-c4ccc(-c5cc(-c6ccncc6)nc(-c6ccncc6)n5)cc4)c3)nc3ccc4ccccc4c23)cc1. The minimum absolute atomic E-state index is 0.561. The first kappa shape index (κ1) is 90.7. The molecule has 0 amide bonds. The molecule has 15 heteroatoms. The van der Waals surface area contributed by atoms with Crippen molar-refractivity contribution in [3.05, 3.63) is 529 Å². The fourth-order valence-corrected chi connectivity index (χ4v) is 19.7. The van der Waals surface area contributed by atoms with Crippen molar-refractivity contribution >= 4 is 65.0 Å². The highest BCUT2D eigenvalue weighted by Gasteiger charge is 2.23. The van der Waals surface area contributed by atoms with Gasteiger partial charge in [-0.2, -0.15) is 0 Å². The van der Waals surface area contributed by atoms with Gasteiger partial charge in [-0.3, -0.25) is 29.9 Å². The summed E-state index contributed by atoms with van der Waals surface area (Å²) in [5, 5.41) is 10.8. The topological polar surface area (TPSA) is 193 Å². The van der Waals surface area contributed by atoms with Crippen LogP contribution in [0, 0.1) is 0 Å². The van der Waals surface area contributed by atoms with Crippen molar-refractivity contribution in [2.24, 2.45) is 0 Å². The smallest absolute Gasteiger partial charge is 0.179 e. The molecule has 0 N–H and O–H groups in total. The lowest BCUT2D eigenvalue weighted by molar-refractivity contribution is 1.13. The first-order valence-corrected chi connectivity index (χ1v) is 49.7. The number of benzene rings is 15. The predicted octanol–water partition coefficient (Wildman–Crippen LogP) is 32.9. The Kier molecular flexibility index (Phi) is 24.8. The Hall–Kier alpha value is -20.6. The van der Waals surface area contributed by atoms with Crippen LogP contribution < -0.4 is 0 Å². The monoisotopic (exact) mass is 1920 g/mol. The second-order valence-corrected chi connectivity index (χ2v) is 36.6. The van der Waals surface area contributed by atoms with Crippen molar-refractivity contribution in [3.63, 3.8) is 0 Å². The zero-order valence-electron chi connectivity index (χ0n) is 80.9. The quantitative estimate of drug-likeness (QED) is 0.0736. The van der Waals surface area contributed by atoms with Crippen LogP contribution in [0.2, 0.25) is 0 Å². The lowest BCUT2D eigenvalue weighted by Gasteiger charge is -2.14. The fraction of sp³-hybridized carbons (Fsp3) is 0. The Labute approximate surface area is 865 Å². The van der Waals surface area contributed by atoms with Gasteiger partial charge in [0, 0.05) is 134 Å². The van der Waals surface area contributed by atoms with Gasteiger partial charge in [-0.05, 0) is 245 Å². The second kappa shape index (κ2) is 41.1. The van der Waals surface area contributed by atoms with Crippen molar-refractivity contribution in [3.8, 4) is 203 Å². The van der Waals surface area contributed by atoms with E-state index in [-0.39, 0.29) is 0 Å². The number of rotatable bonds is 18. The summed E-state index contributed by atoms with van der Waals surface area (Å²) in [7, 11) is 0. The van der Waals surface area contributed by atoms with Gasteiger partial charge in [-0.15, -0.1) is 0 Å². The van der Waals surface area contributed by atoms with Crippen molar-refractivity contribution in [2.45, 2.75) is 0 Å². The Balaban J connectivity index is 0.000000116. The molecule has 15 aromatic carbocycles. The molecular formula is C135H87N15. The van der Waals surface area contributed by atoms with Crippen LogP contribution in [-0.2, 0) is 0 Å². The Bertz CT molecular complexity index is 8580. The van der Waals surface area contributed by atoms with Crippen molar-refractivity contribution in [2.75, 3.05) is 0 Å². The summed E-state index contributed by atoms with van der Waals surface area (Å²) in [6.45, 7) is 0. The second-order valence-electron chi connectivity index (χ2n) is 36.6. The molecule has 0 aliphatic heterocycles. The minimum atomic E-state index is 0.561. The van der Waals surface area contributed by atoms with Crippen LogP contribution in [0.25, 0.3) is 268 Å². The third-order valence-corrected chi connectivity index (χ3v) is 27.2. The third kappa shape index (κ3) is 19.0. The molecule has 27 rings (SSSR count). The average molecular weight is 1920 g/mol. The van der Waals surface area contributed by atoms with Gasteiger partial charge >= 0.3 is 0 Å². The van der Waals surface area contributed by atoms with E-state index in [2.05, 4.69) is 394 Å². The molecule has 12 aromatic heterocycles. The largest absolute Gasteiger partial charge is 0.265 e. The fourth-order valence-electron chi connectivity index (χ4n) is 19.7. The standard InChI is InChI=1S/3C45H29N5/c1-2-9-31(10-3-1)39-26-41(48-40-22-21-32-11-4-5-16-38(32)44(39)40)35-13-6-12-34(25-35)30-17-19-33(20-18-30)42-27-43(36-14-7-23-46-28-36)50-45(49-42)37-15-8-24-47-29-37;1-2-11-31(12-3-1)37-28-41(48-39-24-23-32-13-4-5-16-36(32)44(37)39)35-15-10-14-34(27-35)30-19-21-33(22-20-30)42-29-43(38-17-6-8-25-46-38)50-45(49-42)40-18-7-9-26-47-40;1-2-7-31(8-3-1)39-28-41(48-40-18-17-32-9-4-5-12-38(32)44(39)40)37-11-6-10-36(27-37)30-13-15-33(16-14-30)42-29-43(34-19-23-46-24-20-34)50-45(49-42)35-21-25-47-26-22-35/h3*1-29H. The highest BCUT2D eigenvalue weighted by atomic mass is 14.9. The van der Waals surface area contributed by atoms with Crippen molar-refractivity contribution < 1.29 is 0 Å². The zero-order chi connectivity index (χ0) is 99.8. The summed E-state index contributed by atoms with van der Waals surface area (Å²) in [6.07, 6.45) is 17.8. The molecule has 15 nitrogen and oxygen atoms in total. The first-order valence-electron chi connectivity index (χ1n) is 49.7. The van der Waals surface area contributed by atoms with Gasteiger partial charge in [0.25, 0.3) is 0 Å². The maximum absolute atomic E-state index is 5.21. The zero-order valence-corrected chi connectivity index (χ0v) is 80.9. The number of aromatic nitrogens is 15. The van der Waals surface area contributed by atoms with Crippen LogP contribution in [0.4, 0.5) is 0 Å². The molecule has 150 heavy (non-hydrogen) atoms. The minimum Gasteiger partial charge on any atom is -0.265 e. The number of hydrogen-bond acceptors (Lipinski definition) is 15. The van der Waals surface area contributed by atoms with Gasteiger partial charge in [-0.1, -0.05) is 322 Å². The van der Waals surface area contributed by atoms with Gasteiger partial charge in [-0.25, -0.2) is 44.9 Å². The van der Waals surface area contributed by atoms with Gasteiger partial charge in [0.15, 0.2) is 17.5 Å². The third-order valence-electron chi connectivity index (χ3n) is 27.2. The van der Waals surface area contributed by atoms with Crippen molar-refractivity contribution in [1.29, 1.82) is 0 Å². The summed E-state index contributed by atoms with van der Waals surface area (Å²) in [5.41, 5.74) is 35.8. The molecule has 0 radical (unpaired) electrons. The number of nitrogens with zero attached hydrogens (tertiary/aromatic N) is 15. The van der Waals surface area contributed by atoms with Gasteiger partial charge in [0.1, 0.15) is 5.69 Å². The van der Waals surface area contributed by atoms with Crippen LogP contribution in [0.5, 0.6) is 0 Å². The van der Waals surface area contributed by atoms with Gasteiger partial charge in [0.05, 0.1) is 73.5 Å². The van der Waals surface area contributed by atoms with E-state index >= 15 is 0 Å². The van der Waals surface area contributed by atoms with E-state index in [1.54, 1.807) is 55.8 Å². The molecule has 0 unspecified atom stereocenters. The van der Waals surface area contributed by atoms with Gasteiger partial charge in [0.2, 0.25) is 0 Å². The molecule has 0 aliphatic rings. The van der Waals surface area contributed by atoms with E-state index in [1.165, 1.54) is 81.9 Å². The average Bonchev–Trinajstić information content (AvgIpc) is 0.741.